The Morgan fingerprint density at radius 1 is 1.12 bits per heavy atom. The molecule has 0 bridgehead atoms. The summed E-state index contributed by atoms with van der Waals surface area (Å²) in [7, 11) is 0. The van der Waals surface area contributed by atoms with E-state index in [2.05, 4.69) is 35.1 Å². The number of carbonyl (C=O) groups excluding carboxylic acids is 1. The smallest absolute Gasteiger partial charge is 0.220 e. The van der Waals surface area contributed by atoms with Crippen LogP contribution in [-0.2, 0) is 4.79 Å². The number of hydrogen-bond donors (Lipinski definition) is 1. The van der Waals surface area contributed by atoms with Crippen molar-refractivity contribution >= 4 is 21.8 Å². The molecule has 1 N–H and O–H groups in total. The first-order valence-corrected chi connectivity index (χ1v) is 8.19. The third kappa shape index (κ3) is 10.8. The lowest BCUT2D eigenvalue weighted by Crippen LogP contribution is -2.29. The maximum Gasteiger partial charge on any atom is 0.220 e. The number of unbranched alkanes of at least 4 members (excludes halogenated alkanes) is 3. The summed E-state index contributed by atoms with van der Waals surface area (Å²) in [5.41, 5.74) is 0. The molecule has 1 atom stereocenters. The minimum absolute atomic E-state index is 0.233. The van der Waals surface area contributed by atoms with Crippen LogP contribution in [-0.4, -0.2) is 17.8 Å². The van der Waals surface area contributed by atoms with Crippen molar-refractivity contribution in [3.8, 4) is 0 Å². The van der Waals surface area contributed by atoms with E-state index in [1.165, 1.54) is 32.1 Å². The molecule has 1 amide bonds. The lowest BCUT2D eigenvalue weighted by atomic mass is 10.0. The van der Waals surface area contributed by atoms with Gasteiger partial charge in [-0.15, -0.1) is 0 Å². The zero-order valence-corrected chi connectivity index (χ0v) is 13.0. The molecule has 0 fully saturated rings. The molecule has 3 heteroatoms. The maximum absolute atomic E-state index is 11.6. The molecule has 0 aliphatic heterocycles. The fourth-order valence-electron chi connectivity index (χ4n) is 1.97. The molecule has 1 unspecified atom stereocenters. The van der Waals surface area contributed by atoms with Crippen LogP contribution in [0.1, 0.15) is 65.2 Å². The first-order chi connectivity index (χ1) is 8.24. The van der Waals surface area contributed by atoms with Gasteiger partial charge >= 0.3 is 0 Å². The Kier molecular flexibility index (Phi) is 12.4. The van der Waals surface area contributed by atoms with Crippen LogP contribution in [0.3, 0.4) is 0 Å². The van der Waals surface area contributed by atoms with E-state index >= 15 is 0 Å². The first kappa shape index (κ1) is 16.9. The van der Waals surface area contributed by atoms with Crippen LogP contribution >= 0.6 is 15.9 Å². The molecular formula is C14H28BrNO. The summed E-state index contributed by atoms with van der Waals surface area (Å²) in [6.45, 7) is 5.25. The standard InChI is InChI=1S/C14H28BrNO/c1-3-5-6-7-9-14(17)16-12-13(8-4-2)10-11-15/h13H,3-12H2,1-2H3,(H,16,17). The van der Waals surface area contributed by atoms with E-state index in [-0.39, 0.29) is 5.91 Å². The molecule has 0 heterocycles. The van der Waals surface area contributed by atoms with Crippen LogP contribution in [0.2, 0.25) is 0 Å². The molecule has 0 aromatic carbocycles. The normalized spacial score (nSPS) is 12.4. The number of halogens is 1. The summed E-state index contributed by atoms with van der Waals surface area (Å²) in [6.07, 6.45) is 8.96. The molecule has 2 nitrogen and oxygen atoms in total. The first-order valence-electron chi connectivity index (χ1n) is 7.07. The Bertz CT molecular complexity index is 179. The number of hydrogen-bond acceptors (Lipinski definition) is 1. The minimum Gasteiger partial charge on any atom is -0.356 e. The highest BCUT2D eigenvalue weighted by atomic mass is 79.9. The second kappa shape index (κ2) is 12.4. The van der Waals surface area contributed by atoms with Crippen LogP contribution < -0.4 is 5.32 Å². The maximum atomic E-state index is 11.6. The van der Waals surface area contributed by atoms with Gasteiger partial charge in [0.2, 0.25) is 5.91 Å². The number of alkyl halides is 1. The summed E-state index contributed by atoms with van der Waals surface area (Å²) < 4.78 is 0. The Hall–Kier alpha value is -0.0500. The lowest BCUT2D eigenvalue weighted by Gasteiger charge is -2.15. The van der Waals surface area contributed by atoms with Crippen LogP contribution in [0.25, 0.3) is 0 Å². The minimum atomic E-state index is 0.233. The van der Waals surface area contributed by atoms with Crippen LogP contribution in [0.5, 0.6) is 0 Å². The molecule has 0 aromatic heterocycles. The third-order valence-corrected chi connectivity index (χ3v) is 3.52. The average molecular weight is 306 g/mol. The van der Waals surface area contributed by atoms with Crippen LogP contribution in [0.4, 0.5) is 0 Å². The van der Waals surface area contributed by atoms with Crippen LogP contribution in [0, 0.1) is 5.92 Å². The topological polar surface area (TPSA) is 29.1 Å². The summed E-state index contributed by atoms with van der Waals surface area (Å²) in [6, 6.07) is 0. The SMILES string of the molecule is CCCCCCC(=O)NCC(CCC)CCBr. The molecule has 0 rings (SSSR count). The predicted molar refractivity (Wildman–Crippen MR) is 78.6 cm³/mol. The van der Waals surface area contributed by atoms with Gasteiger partial charge in [-0.05, 0) is 25.2 Å². The van der Waals surface area contributed by atoms with Crippen molar-refractivity contribution in [1.29, 1.82) is 0 Å². The number of nitrogens with one attached hydrogen (secondary N) is 1. The zero-order chi connectivity index (χ0) is 12.9. The van der Waals surface area contributed by atoms with E-state index in [1.54, 1.807) is 0 Å². The molecule has 0 aromatic rings. The molecule has 0 radical (unpaired) electrons. The van der Waals surface area contributed by atoms with Gasteiger partial charge < -0.3 is 5.32 Å². The highest BCUT2D eigenvalue weighted by Crippen LogP contribution is 2.11. The summed E-state index contributed by atoms with van der Waals surface area (Å²) >= 11 is 3.47. The van der Waals surface area contributed by atoms with Crippen molar-refractivity contribution in [3.05, 3.63) is 0 Å². The summed E-state index contributed by atoms with van der Waals surface area (Å²) in [5, 5.41) is 4.10. The molecule has 0 spiro atoms. The van der Waals surface area contributed by atoms with E-state index in [4.69, 9.17) is 0 Å². The highest BCUT2D eigenvalue weighted by molar-refractivity contribution is 9.09. The Balaban J connectivity index is 3.57. The molecule has 0 aliphatic carbocycles. The van der Waals surface area contributed by atoms with E-state index in [1.807, 2.05) is 0 Å². The second-order valence-electron chi connectivity index (χ2n) is 4.75. The summed E-state index contributed by atoms with van der Waals surface area (Å²) in [5.74, 6) is 0.871. The molecule has 0 aliphatic rings. The van der Waals surface area contributed by atoms with Crippen molar-refractivity contribution in [2.24, 2.45) is 5.92 Å². The van der Waals surface area contributed by atoms with Gasteiger partial charge in [0.15, 0.2) is 0 Å². The quantitative estimate of drug-likeness (QED) is 0.448. The third-order valence-electron chi connectivity index (χ3n) is 3.06. The van der Waals surface area contributed by atoms with Gasteiger partial charge in [-0.3, -0.25) is 4.79 Å². The Labute approximate surface area is 115 Å². The van der Waals surface area contributed by atoms with Gasteiger partial charge in [0, 0.05) is 18.3 Å². The monoisotopic (exact) mass is 305 g/mol. The van der Waals surface area contributed by atoms with Crippen LogP contribution in [0.15, 0.2) is 0 Å². The number of rotatable bonds is 11. The van der Waals surface area contributed by atoms with Crippen molar-refractivity contribution in [3.63, 3.8) is 0 Å². The largest absolute Gasteiger partial charge is 0.356 e. The molecule has 0 saturated carbocycles. The average Bonchev–Trinajstić information content (AvgIpc) is 2.32. The highest BCUT2D eigenvalue weighted by Gasteiger charge is 2.08. The second-order valence-corrected chi connectivity index (χ2v) is 5.54. The van der Waals surface area contributed by atoms with Crippen molar-refractivity contribution in [2.45, 2.75) is 65.2 Å². The van der Waals surface area contributed by atoms with Gasteiger partial charge in [-0.1, -0.05) is 55.5 Å². The van der Waals surface area contributed by atoms with E-state index in [0.29, 0.717) is 12.3 Å². The fraction of sp³-hybridized carbons (Fsp3) is 0.929. The van der Waals surface area contributed by atoms with Gasteiger partial charge in [-0.2, -0.15) is 0 Å². The molecular weight excluding hydrogens is 278 g/mol. The van der Waals surface area contributed by atoms with Crippen molar-refractivity contribution < 1.29 is 4.79 Å². The zero-order valence-electron chi connectivity index (χ0n) is 11.4. The number of amides is 1. The Morgan fingerprint density at radius 3 is 2.47 bits per heavy atom. The Morgan fingerprint density at radius 2 is 1.88 bits per heavy atom. The molecule has 0 saturated heterocycles. The number of carbonyl (C=O) groups is 1. The predicted octanol–water partition coefficient (Wildman–Crippen LogP) is 4.27. The van der Waals surface area contributed by atoms with E-state index in [9.17, 15) is 4.79 Å². The van der Waals surface area contributed by atoms with Crippen molar-refractivity contribution in [1.82, 2.24) is 5.32 Å². The van der Waals surface area contributed by atoms with Gasteiger partial charge in [-0.25, -0.2) is 0 Å². The van der Waals surface area contributed by atoms with Crippen molar-refractivity contribution in [2.75, 3.05) is 11.9 Å². The lowest BCUT2D eigenvalue weighted by molar-refractivity contribution is -0.121. The molecule has 102 valence electrons. The summed E-state index contributed by atoms with van der Waals surface area (Å²) in [4.78, 5) is 11.6. The van der Waals surface area contributed by atoms with E-state index in [0.717, 1.165) is 24.7 Å². The van der Waals surface area contributed by atoms with Gasteiger partial charge in [0.1, 0.15) is 0 Å². The molecule has 17 heavy (non-hydrogen) atoms. The van der Waals surface area contributed by atoms with Gasteiger partial charge in [0.25, 0.3) is 0 Å². The van der Waals surface area contributed by atoms with E-state index < -0.39 is 0 Å². The van der Waals surface area contributed by atoms with Gasteiger partial charge in [0.05, 0.1) is 0 Å². The fourth-order valence-corrected chi connectivity index (χ4v) is 2.62.